The number of methoxy groups -OCH3 is 1. The number of carbonyl (C=O) groups is 6. The maximum Gasteiger partial charge on any atom is 0.349 e. The van der Waals surface area contributed by atoms with Crippen molar-refractivity contribution >= 4 is 57.8 Å². The molecule has 1 aromatic heterocycles. The average molecular weight is 585 g/mol. The minimum absolute atomic E-state index is 0.00939. The van der Waals surface area contributed by atoms with Crippen molar-refractivity contribution in [3.63, 3.8) is 0 Å². The molecule has 13 heteroatoms. The van der Waals surface area contributed by atoms with Gasteiger partial charge in [-0.1, -0.05) is 0 Å². The summed E-state index contributed by atoms with van der Waals surface area (Å²) in [6.07, 6.45) is 2.28. The molecule has 43 heavy (non-hydrogen) atoms. The second-order valence-corrected chi connectivity index (χ2v) is 9.71. The Labute approximate surface area is 243 Å². The summed E-state index contributed by atoms with van der Waals surface area (Å²) in [5.41, 5.74) is -0.533. The molecule has 13 nitrogen and oxygen atoms in total. The highest BCUT2D eigenvalue weighted by molar-refractivity contribution is 6.32. The number of amides is 6. The van der Waals surface area contributed by atoms with Crippen molar-refractivity contribution in [2.75, 3.05) is 30.0 Å². The summed E-state index contributed by atoms with van der Waals surface area (Å²) in [5.74, 6) is -3.41. The fourth-order valence-corrected chi connectivity index (χ4v) is 4.58. The van der Waals surface area contributed by atoms with Gasteiger partial charge in [-0.05, 0) is 50.2 Å². The number of hydrogen-bond acceptors (Lipinski definition) is 9. The zero-order valence-corrected chi connectivity index (χ0v) is 23.2. The zero-order chi connectivity index (χ0) is 31.0. The van der Waals surface area contributed by atoms with Crippen LogP contribution in [0, 0.1) is 0 Å². The van der Waals surface area contributed by atoms with Crippen molar-refractivity contribution in [1.29, 1.82) is 0 Å². The van der Waals surface area contributed by atoms with E-state index in [1.165, 1.54) is 51.3 Å². The lowest BCUT2D eigenvalue weighted by Crippen LogP contribution is -2.37. The molecule has 2 aliphatic heterocycles. The van der Waals surface area contributed by atoms with Crippen LogP contribution in [-0.4, -0.2) is 55.6 Å². The number of carbonyl (C=O) groups excluding carboxylic acids is 6. The molecule has 2 aliphatic rings. The van der Waals surface area contributed by atoms with E-state index < -0.39 is 41.1 Å². The van der Waals surface area contributed by atoms with E-state index in [1.54, 1.807) is 12.1 Å². The molecular weight excluding hydrogens is 560 g/mol. The Bertz CT molecular complexity index is 1820. The third kappa shape index (κ3) is 5.43. The summed E-state index contributed by atoms with van der Waals surface area (Å²) in [7, 11) is 1.47. The first-order valence-electron chi connectivity index (χ1n) is 13.0. The van der Waals surface area contributed by atoms with Gasteiger partial charge in [0.2, 0.25) is 0 Å². The van der Waals surface area contributed by atoms with Crippen LogP contribution in [0.4, 0.5) is 11.4 Å². The number of nitrogens with zero attached hydrogens (tertiary/aromatic N) is 2. The van der Waals surface area contributed by atoms with Gasteiger partial charge in [0, 0.05) is 53.4 Å². The molecule has 0 saturated heterocycles. The van der Waals surface area contributed by atoms with Crippen LogP contribution in [0.15, 0.2) is 75.0 Å². The van der Waals surface area contributed by atoms with Crippen molar-refractivity contribution in [3.8, 4) is 5.75 Å². The summed E-state index contributed by atoms with van der Waals surface area (Å²) in [6.45, 7) is 2.78. The number of ether oxygens (including phenoxy) is 1. The molecule has 3 aromatic rings. The van der Waals surface area contributed by atoms with Gasteiger partial charge in [0.05, 0.1) is 18.5 Å². The van der Waals surface area contributed by atoms with Crippen LogP contribution >= 0.6 is 0 Å². The van der Waals surface area contributed by atoms with Gasteiger partial charge in [0.1, 0.15) is 16.9 Å². The van der Waals surface area contributed by atoms with E-state index in [0.717, 1.165) is 22.0 Å². The summed E-state index contributed by atoms with van der Waals surface area (Å²) in [4.78, 5) is 90.1. The van der Waals surface area contributed by atoms with Crippen molar-refractivity contribution in [3.05, 3.63) is 87.3 Å². The summed E-state index contributed by atoms with van der Waals surface area (Å²) >= 11 is 0. The first-order chi connectivity index (χ1) is 20.5. The number of anilines is 2. The second kappa shape index (κ2) is 11.2. The summed E-state index contributed by atoms with van der Waals surface area (Å²) in [5, 5.41) is 5.63. The van der Waals surface area contributed by atoms with Crippen molar-refractivity contribution in [2.45, 2.75) is 13.8 Å². The lowest BCUT2D eigenvalue weighted by Gasteiger charge is -2.21. The first-order valence-corrected chi connectivity index (χ1v) is 13.0. The Morgan fingerprint density at radius 1 is 0.767 bits per heavy atom. The smallest absolute Gasteiger partial charge is 0.349 e. The lowest BCUT2D eigenvalue weighted by molar-refractivity contribution is -0.121. The van der Waals surface area contributed by atoms with Gasteiger partial charge in [-0.2, -0.15) is 0 Å². The normalized spacial score (nSPS) is 14.8. The lowest BCUT2D eigenvalue weighted by atomic mass is 10.1. The topological polar surface area (TPSA) is 172 Å². The maximum absolute atomic E-state index is 13.1. The van der Waals surface area contributed by atoms with Crippen molar-refractivity contribution in [2.24, 2.45) is 0 Å². The van der Waals surface area contributed by atoms with Crippen molar-refractivity contribution < 1.29 is 37.9 Å². The third-order valence-electron chi connectivity index (χ3n) is 6.77. The average Bonchev–Trinajstić information content (AvgIpc) is 3.39. The molecule has 0 bridgehead atoms. The monoisotopic (exact) mass is 584 g/mol. The molecule has 0 spiro atoms. The molecule has 3 heterocycles. The van der Waals surface area contributed by atoms with Crippen LogP contribution < -0.4 is 30.8 Å². The highest BCUT2D eigenvalue weighted by atomic mass is 16.5. The van der Waals surface area contributed by atoms with Crippen LogP contribution in [0.3, 0.4) is 0 Å². The fraction of sp³-hybridized carbons (Fsp3) is 0.167. The Hall–Kier alpha value is -5.85. The van der Waals surface area contributed by atoms with Crippen LogP contribution in [0.25, 0.3) is 11.0 Å². The largest absolute Gasteiger partial charge is 0.497 e. The van der Waals surface area contributed by atoms with Crippen LogP contribution in [0.2, 0.25) is 0 Å². The van der Waals surface area contributed by atoms with Gasteiger partial charge in [-0.3, -0.25) is 28.8 Å². The van der Waals surface area contributed by atoms with Crippen LogP contribution in [0.1, 0.15) is 34.6 Å². The molecule has 6 amide bonds. The quantitative estimate of drug-likeness (QED) is 0.227. The zero-order valence-electron chi connectivity index (χ0n) is 23.2. The van der Waals surface area contributed by atoms with Crippen LogP contribution in [0.5, 0.6) is 5.75 Å². The number of rotatable bonds is 8. The fourth-order valence-electron chi connectivity index (χ4n) is 4.58. The number of imide groups is 2. The maximum atomic E-state index is 13.1. The SMILES string of the molecule is COc1ccc2cc(C(=O)NCCNC(=O)c3cc(N4C(=O)C=C(C)C4=O)cc(N4C(=O)C=C(C)C4=O)c3)c(=O)oc2c1. The number of nitrogens with one attached hydrogen (secondary N) is 2. The van der Waals surface area contributed by atoms with E-state index in [2.05, 4.69) is 10.6 Å². The predicted molar refractivity (Wildman–Crippen MR) is 153 cm³/mol. The van der Waals surface area contributed by atoms with Gasteiger partial charge >= 0.3 is 5.63 Å². The molecule has 0 atom stereocenters. The van der Waals surface area contributed by atoms with Gasteiger partial charge < -0.3 is 19.8 Å². The molecule has 0 unspecified atom stereocenters. The van der Waals surface area contributed by atoms with Gasteiger partial charge in [0.15, 0.2) is 0 Å². The number of hydrogen-bond donors (Lipinski definition) is 2. The van der Waals surface area contributed by atoms with E-state index in [4.69, 9.17) is 9.15 Å². The van der Waals surface area contributed by atoms with Gasteiger partial charge in [0.25, 0.3) is 35.4 Å². The molecule has 0 saturated carbocycles. The standard InChI is InChI=1S/C30H24N4O9/c1-15-8-24(35)33(28(15)39)19-10-18(11-20(13-19)34-25(36)9-16(2)29(34)40)26(37)31-6-7-32-27(38)22-12-17-4-5-21(42-3)14-23(17)43-30(22)41/h4-5,8-14H,6-7H2,1-3H3,(H,31,37)(H,32,38). The number of benzene rings is 2. The Morgan fingerprint density at radius 3 is 1.84 bits per heavy atom. The highest BCUT2D eigenvalue weighted by Gasteiger charge is 2.34. The third-order valence-corrected chi connectivity index (χ3v) is 6.77. The Kier molecular flexibility index (Phi) is 7.47. The van der Waals surface area contributed by atoms with Gasteiger partial charge in [-0.15, -0.1) is 0 Å². The van der Waals surface area contributed by atoms with Crippen molar-refractivity contribution in [1.82, 2.24) is 10.6 Å². The minimum atomic E-state index is -0.849. The van der Waals surface area contributed by atoms with E-state index in [-0.39, 0.29) is 52.3 Å². The molecule has 218 valence electrons. The molecule has 2 aromatic carbocycles. The molecule has 0 fully saturated rings. The van der Waals surface area contributed by atoms with E-state index in [0.29, 0.717) is 11.1 Å². The van der Waals surface area contributed by atoms with E-state index in [1.807, 2.05) is 0 Å². The molecule has 0 radical (unpaired) electrons. The molecule has 5 rings (SSSR count). The summed E-state index contributed by atoms with van der Waals surface area (Å²) in [6, 6.07) is 10.1. The molecular formula is C30H24N4O9. The predicted octanol–water partition coefficient (Wildman–Crippen LogP) is 1.60. The van der Waals surface area contributed by atoms with Crippen LogP contribution in [-0.2, 0) is 19.2 Å². The minimum Gasteiger partial charge on any atom is -0.497 e. The highest BCUT2D eigenvalue weighted by Crippen LogP contribution is 2.31. The molecule has 2 N–H and O–H groups in total. The Balaban J connectivity index is 1.31. The first kappa shape index (κ1) is 28.7. The van der Waals surface area contributed by atoms with Gasteiger partial charge in [-0.25, -0.2) is 14.6 Å². The van der Waals surface area contributed by atoms with E-state index in [9.17, 15) is 33.6 Å². The second-order valence-electron chi connectivity index (χ2n) is 9.71. The number of fused-ring (bicyclic) bond motifs is 1. The van der Waals surface area contributed by atoms with E-state index >= 15 is 0 Å². The summed E-state index contributed by atoms with van der Waals surface area (Å²) < 4.78 is 10.3. The molecule has 0 aliphatic carbocycles. The Morgan fingerprint density at radius 2 is 1.33 bits per heavy atom.